The van der Waals surface area contributed by atoms with Gasteiger partial charge in [-0.3, -0.25) is 19.2 Å². The van der Waals surface area contributed by atoms with Crippen LogP contribution in [0.15, 0.2) is 0 Å². The third-order valence-corrected chi connectivity index (χ3v) is 13.8. The minimum Gasteiger partial charge on any atom is -0.305 e. The molecule has 44 heavy (non-hydrogen) atoms. The molecule has 6 rings (SSSR count). The molecule has 0 N–H and O–H groups in total. The average Bonchev–Trinajstić information content (AvgIpc) is 3.00. The van der Waals surface area contributed by atoms with Crippen molar-refractivity contribution in [2.24, 2.45) is 0 Å². The van der Waals surface area contributed by atoms with Gasteiger partial charge in [0, 0.05) is 26.2 Å². The van der Waals surface area contributed by atoms with Gasteiger partial charge in [-0.25, -0.2) is 0 Å². The van der Waals surface area contributed by atoms with E-state index in [0.29, 0.717) is 26.2 Å². The van der Waals surface area contributed by atoms with Gasteiger partial charge in [0.25, 0.3) is 23.6 Å². The second kappa shape index (κ2) is 14.6. The summed E-state index contributed by atoms with van der Waals surface area (Å²) in [7, 11) is 0. The summed E-state index contributed by atoms with van der Waals surface area (Å²) in [6, 6.07) is 0. The zero-order valence-electron chi connectivity index (χ0n) is 28.4. The number of rotatable bonds is 20. The van der Waals surface area contributed by atoms with E-state index in [1.807, 2.05) is 19.6 Å². The molecule has 6 saturated heterocycles. The van der Waals surface area contributed by atoms with Crippen molar-refractivity contribution in [2.45, 2.75) is 164 Å². The normalized spacial score (nSPS) is 31.1. The Balaban J connectivity index is 1.91. The van der Waals surface area contributed by atoms with Gasteiger partial charge in [0.1, 0.15) is 0 Å². The Morgan fingerprint density at radius 3 is 0.841 bits per heavy atom. The van der Waals surface area contributed by atoms with Crippen LogP contribution in [0.25, 0.3) is 0 Å². The van der Waals surface area contributed by atoms with Crippen LogP contribution >= 0.6 is 23.5 Å². The van der Waals surface area contributed by atoms with Crippen molar-refractivity contribution in [1.29, 1.82) is 0 Å². The molecule has 6 aliphatic rings. The van der Waals surface area contributed by atoms with E-state index in [1.54, 1.807) is 13.8 Å². The summed E-state index contributed by atoms with van der Waals surface area (Å²) < 4.78 is -2.79. The Morgan fingerprint density at radius 1 is 0.409 bits per heavy atom. The van der Waals surface area contributed by atoms with Gasteiger partial charge in [-0.1, -0.05) is 128 Å². The minimum absolute atomic E-state index is 0.153. The van der Waals surface area contributed by atoms with Gasteiger partial charge in [0.2, 0.25) is 9.99 Å². The van der Waals surface area contributed by atoms with Crippen molar-refractivity contribution in [1.82, 2.24) is 19.6 Å². The topological polar surface area (TPSA) is 81.2 Å². The summed E-state index contributed by atoms with van der Waals surface area (Å²) in [5, 5.41) is 0. The van der Waals surface area contributed by atoms with Crippen LogP contribution in [0.4, 0.5) is 0 Å². The van der Waals surface area contributed by atoms with Crippen LogP contribution in [0.2, 0.25) is 0 Å². The Labute approximate surface area is 275 Å². The van der Waals surface area contributed by atoms with E-state index in [1.165, 1.54) is 23.5 Å². The first kappa shape index (κ1) is 35.4. The third kappa shape index (κ3) is 5.49. The molecule has 0 aromatic carbocycles. The molecule has 0 atom stereocenters. The van der Waals surface area contributed by atoms with Gasteiger partial charge in [0.15, 0.2) is 9.49 Å². The first-order valence-corrected chi connectivity index (χ1v) is 19.4. The first-order chi connectivity index (χ1) is 21.1. The number of fused-ring (bicyclic) bond motifs is 4. The predicted octanol–water partition coefficient (Wildman–Crippen LogP) is 6.97. The van der Waals surface area contributed by atoms with E-state index in [4.69, 9.17) is 0 Å². The van der Waals surface area contributed by atoms with E-state index in [2.05, 4.69) is 27.7 Å². The minimum atomic E-state index is -1.40. The Bertz CT molecular complexity index is 922. The lowest BCUT2D eigenvalue weighted by atomic mass is 9.91. The van der Waals surface area contributed by atoms with Crippen molar-refractivity contribution in [2.75, 3.05) is 26.2 Å². The highest BCUT2D eigenvalue weighted by atomic mass is 32.2. The molecule has 4 bridgehead atoms. The first-order valence-electron chi connectivity index (χ1n) is 17.8. The second-order valence-electron chi connectivity index (χ2n) is 13.6. The number of carbonyl (C=O) groups is 4. The highest BCUT2D eigenvalue weighted by Crippen LogP contribution is 2.72. The number of thioether (sulfide) groups is 2. The van der Waals surface area contributed by atoms with Gasteiger partial charge in [-0.05, 0) is 39.5 Å². The standard InChI is InChI=1S/C34H58N4O4S2/c1-7-11-15-19-23-35-27(39)31(5)28(40)36(24-20-16-12-8-2)33(35)34(44-31)37(25-21-17-13-9-3)29(41)32(6,43-33)30(42)38(34)26-22-18-14-10-4/h7-26H2,1-6H3. The van der Waals surface area contributed by atoms with Gasteiger partial charge in [0.05, 0.1) is 0 Å². The Kier molecular flexibility index (Phi) is 11.7. The highest BCUT2D eigenvalue weighted by molar-refractivity contribution is 8.08. The molecule has 0 aromatic rings. The van der Waals surface area contributed by atoms with E-state index in [9.17, 15) is 19.2 Å². The van der Waals surface area contributed by atoms with E-state index < -0.39 is 19.5 Å². The van der Waals surface area contributed by atoms with Gasteiger partial charge < -0.3 is 19.6 Å². The van der Waals surface area contributed by atoms with Crippen LogP contribution in [0.3, 0.4) is 0 Å². The van der Waals surface area contributed by atoms with Crippen molar-refractivity contribution in [3.8, 4) is 0 Å². The lowest BCUT2D eigenvalue weighted by molar-refractivity contribution is -0.211. The van der Waals surface area contributed by atoms with E-state index in [-0.39, 0.29) is 23.6 Å². The SMILES string of the molecule is CCCCCCN1C(=O)C2(C)SC34N(CCCCCC)C(=O)C(C)(SC13N(CCCCCC)C2=O)C(=O)N4CCCCCC. The third-order valence-electron chi connectivity index (χ3n) is 10.1. The fourth-order valence-corrected chi connectivity index (χ4v) is 11.7. The lowest BCUT2D eigenvalue weighted by Crippen LogP contribution is -2.97. The molecular formula is C34H58N4O4S2. The number of unbranched alkanes of at least 4 members (excludes halogenated alkanes) is 12. The van der Waals surface area contributed by atoms with E-state index in [0.717, 1.165) is 103 Å². The summed E-state index contributed by atoms with van der Waals surface area (Å²) in [4.78, 5) is 63.7. The molecule has 2 spiro atoms. The summed E-state index contributed by atoms with van der Waals surface area (Å²) in [5.41, 5.74) is 0. The van der Waals surface area contributed by atoms with E-state index >= 15 is 0 Å². The molecule has 6 heterocycles. The molecule has 0 radical (unpaired) electrons. The quantitative estimate of drug-likeness (QED) is 0.105. The summed E-state index contributed by atoms with van der Waals surface area (Å²) in [5.74, 6) is -0.612. The zero-order valence-corrected chi connectivity index (χ0v) is 30.0. The number of hydrogen-bond donors (Lipinski definition) is 0. The largest absolute Gasteiger partial charge is 0.305 e. The molecule has 0 aliphatic carbocycles. The molecular weight excluding hydrogens is 593 g/mol. The summed E-state index contributed by atoms with van der Waals surface area (Å²) in [6.45, 7) is 14.3. The van der Waals surface area contributed by atoms with Crippen LogP contribution in [0.1, 0.15) is 144 Å². The molecule has 0 saturated carbocycles. The Morgan fingerprint density at radius 2 is 0.636 bits per heavy atom. The van der Waals surface area contributed by atoms with Crippen LogP contribution in [-0.2, 0) is 19.2 Å². The Hall–Kier alpha value is -1.42. The maximum absolute atomic E-state index is 14.5. The van der Waals surface area contributed by atoms with Crippen molar-refractivity contribution in [3.05, 3.63) is 0 Å². The number of hydrogen-bond acceptors (Lipinski definition) is 6. The maximum atomic E-state index is 14.5. The van der Waals surface area contributed by atoms with Crippen LogP contribution in [0, 0.1) is 0 Å². The van der Waals surface area contributed by atoms with Crippen LogP contribution in [-0.4, -0.2) is 88.9 Å². The maximum Gasteiger partial charge on any atom is 0.250 e. The fourth-order valence-electron chi connectivity index (χ4n) is 7.65. The lowest BCUT2D eigenvalue weighted by Gasteiger charge is -2.78. The highest BCUT2D eigenvalue weighted by Gasteiger charge is 2.88. The molecule has 6 fully saturated rings. The number of amides is 4. The molecule has 0 aromatic heterocycles. The second-order valence-corrected chi connectivity index (χ2v) is 16.7. The molecule has 0 unspecified atom stereocenters. The fraction of sp³-hybridized carbons (Fsp3) is 0.882. The molecule has 6 aliphatic heterocycles. The summed E-state index contributed by atoms with van der Waals surface area (Å²) >= 11 is 2.62. The number of nitrogens with zero attached hydrogens (tertiary/aromatic N) is 4. The molecule has 8 nitrogen and oxygen atoms in total. The van der Waals surface area contributed by atoms with Gasteiger partial charge in [-0.15, -0.1) is 0 Å². The van der Waals surface area contributed by atoms with Crippen molar-refractivity contribution >= 4 is 47.2 Å². The van der Waals surface area contributed by atoms with Gasteiger partial charge >= 0.3 is 0 Å². The van der Waals surface area contributed by atoms with Crippen molar-refractivity contribution in [3.63, 3.8) is 0 Å². The average molecular weight is 651 g/mol. The van der Waals surface area contributed by atoms with Gasteiger partial charge in [-0.2, -0.15) is 0 Å². The predicted molar refractivity (Wildman–Crippen MR) is 181 cm³/mol. The number of carbonyl (C=O) groups excluding carboxylic acids is 4. The van der Waals surface area contributed by atoms with Crippen LogP contribution in [0.5, 0.6) is 0 Å². The monoisotopic (exact) mass is 650 g/mol. The molecule has 10 heteroatoms. The zero-order chi connectivity index (χ0) is 32.2. The van der Waals surface area contributed by atoms with Crippen molar-refractivity contribution < 1.29 is 19.2 Å². The van der Waals surface area contributed by atoms with Crippen LogP contribution < -0.4 is 0 Å². The molecule has 4 amide bonds. The molecule has 250 valence electrons. The summed E-state index contributed by atoms with van der Waals surface area (Å²) in [6.07, 6.45) is 16.0. The smallest absolute Gasteiger partial charge is 0.250 e.